The zero-order valence-corrected chi connectivity index (χ0v) is 4.91. The quantitative estimate of drug-likeness (QED) is 0.411. The third-order valence-electron chi connectivity index (χ3n) is 0.478. The Labute approximate surface area is 56.3 Å². The summed E-state index contributed by atoms with van der Waals surface area (Å²) in [6.45, 7) is 0. The van der Waals surface area contributed by atoms with E-state index in [1.807, 2.05) is 0 Å². The summed E-state index contributed by atoms with van der Waals surface area (Å²) in [5.74, 6) is 0. The molecule has 1 heterocycles. The highest BCUT2D eigenvalue weighted by Gasteiger charge is 1.65. The molecule has 54 valence electrons. The van der Waals surface area contributed by atoms with Crippen LogP contribution in [0.5, 0.6) is 0 Å². The van der Waals surface area contributed by atoms with Crippen LogP contribution in [-0.2, 0) is 0 Å². The minimum Gasteiger partial charge on any atom is -0.328 e. The maximum absolute atomic E-state index is 8.36. The lowest BCUT2D eigenvalue weighted by Crippen LogP contribution is -1.81. The van der Waals surface area contributed by atoms with E-state index in [1.165, 1.54) is 0 Å². The molecule has 0 bridgehead atoms. The minimum absolute atomic E-state index is 1.50. The average Bonchev–Trinajstić information content (AvgIpc) is 1.90. The zero-order chi connectivity index (χ0) is 7.82. The molecule has 1 aromatic rings. The van der Waals surface area contributed by atoms with Crippen LogP contribution in [0.3, 0.4) is 0 Å². The van der Waals surface area contributed by atoms with Gasteiger partial charge in [-0.2, -0.15) is 0 Å². The van der Waals surface area contributed by atoms with Crippen LogP contribution < -0.4 is 0 Å². The van der Waals surface area contributed by atoms with Crippen molar-refractivity contribution in [3.8, 4) is 0 Å². The van der Waals surface area contributed by atoms with Gasteiger partial charge in [0.25, 0.3) is 5.09 Å². The molecule has 1 rings (SSSR count). The molecule has 0 saturated heterocycles. The summed E-state index contributed by atoms with van der Waals surface area (Å²) in [5.41, 5.74) is 0. The SMILES string of the molecule is O=[N+]([O-])O.c1cnccn1. The molecule has 0 saturated carbocycles. The predicted octanol–water partition coefficient (Wildman–Crippen LogP) is 0.129. The first-order valence-electron chi connectivity index (χ1n) is 2.26. The lowest BCUT2D eigenvalue weighted by molar-refractivity contribution is -0.742. The third kappa shape index (κ3) is 9.56. The van der Waals surface area contributed by atoms with E-state index in [1.54, 1.807) is 24.8 Å². The van der Waals surface area contributed by atoms with Gasteiger partial charge in [0.1, 0.15) is 0 Å². The van der Waals surface area contributed by atoms with E-state index in [4.69, 9.17) is 15.3 Å². The van der Waals surface area contributed by atoms with Gasteiger partial charge in [0.2, 0.25) is 0 Å². The summed E-state index contributed by atoms with van der Waals surface area (Å²) >= 11 is 0. The number of hydrogen-bond donors (Lipinski definition) is 1. The highest BCUT2D eigenvalue weighted by molar-refractivity contribution is 4.70. The van der Waals surface area contributed by atoms with Gasteiger partial charge in [-0.3, -0.25) is 9.97 Å². The lowest BCUT2D eigenvalue weighted by atomic mass is 10.8. The van der Waals surface area contributed by atoms with Crippen molar-refractivity contribution in [1.29, 1.82) is 0 Å². The van der Waals surface area contributed by atoms with Crippen LogP contribution in [0.1, 0.15) is 0 Å². The van der Waals surface area contributed by atoms with Gasteiger partial charge in [0.05, 0.1) is 0 Å². The molecule has 0 aromatic carbocycles. The first kappa shape index (κ1) is 8.28. The summed E-state index contributed by atoms with van der Waals surface area (Å²) in [4.78, 5) is 15.8. The number of hydrogen-bond acceptors (Lipinski definition) is 4. The van der Waals surface area contributed by atoms with E-state index in [-0.39, 0.29) is 0 Å². The molecule has 6 heteroatoms. The molecule has 0 aliphatic rings. The monoisotopic (exact) mass is 143 g/mol. The van der Waals surface area contributed by atoms with E-state index >= 15 is 0 Å². The molecule has 1 N–H and O–H groups in total. The second kappa shape index (κ2) is 5.42. The Morgan fingerprint density at radius 2 is 1.40 bits per heavy atom. The van der Waals surface area contributed by atoms with Crippen LogP contribution >= 0.6 is 0 Å². The predicted molar refractivity (Wildman–Crippen MR) is 30.8 cm³/mol. The highest BCUT2D eigenvalue weighted by atomic mass is 16.9. The van der Waals surface area contributed by atoms with Gasteiger partial charge in [0, 0.05) is 24.8 Å². The number of aromatic nitrogens is 2. The molecule has 0 spiro atoms. The maximum Gasteiger partial charge on any atom is 0.291 e. The maximum atomic E-state index is 8.36. The van der Waals surface area contributed by atoms with Crippen LogP contribution in [0, 0.1) is 10.1 Å². The lowest BCUT2D eigenvalue weighted by Gasteiger charge is -1.70. The van der Waals surface area contributed by atoms with Gasteiger partial charge in [-0.25, -0.2) is 0 Å². The van der Waals surface area contributed by atoms with E-state index in [0.717, 1.165) is 0 Å². The molecule has 0 amide bonds. The van der Waals surface area contributed by atoms with Crippen molar-refractivity contribution in [2.24, 2.45) is 0 Å². The highest BCUT2D eigenvalue weighted by Crippen LogP contribution is 1.65. The third-order valence-corrected chi connectivity index (χ3v) is 0.478. The van der Waals surface area contributed by atoms with Crippen LogP contribution in [0.15, 0.2) is 24.8 Å². The second-order valence-corrected chi connectivity index (χ2v) is 1.13. The molecular weight excluding hydrogens is 138 g/mol. The normalized spacial score (nSPS) is 7.20. The van der Waals surface area contributed by atoms with E-state index in [0.29, 0.717) is 0 Å². The standard InChI is InChI=1S/C4H4N2.HNO3/c1-2-6-4-3-5-1;2-1(3)4/h1-4H;(H,2,3,4). The van der Waals surface area contributed by atoms with Gasteiger partial charge in [-0.15, -0.1) is 10.1 Å². The van der Waals surface area contributed by atoms with Crippen LogP contribution in [0.2, 0.25) is 0 Å². The van der Waals surface area contributed by atoms with E-state index < -0.39 is 5.09 Å². The van der Waals surface area contributed by atoms with Gasteiger partial charge >= 0.3 is 0 Å². The van der Waals surface area contributed by atoms with Gasteiger partial charge in [-0.05, 0) is 0 Å². The molecule has 1 aromatic heterocycles. The smallest absolute Gasteiger partial charge is 0.291 e. The summed E-state index contributed by atoms with van der Waals surface area (Å²) in [6, 6.07) is 0. The van der Waals surface area contributed by atoms with E-state index in [9.17, 15) is 0 Å². The van der Waals surface area contributed by atoms with Crippen LogP contribution in [0.4, 0.5) is 0 Å². The van der Waals surface area contributed by atoms with Crippen molar-refractivity contribution < 1.29 is 10.3 Å². The topological polar surface area (TPSA) is 89.2 Å². The Kier molecular flexibility index (Phi) is 4.49. The largest absolute Gasteiger partial charge is 0.328 e. The van der Waals surface area contributed by atoms with Crippen LogP contribution in [-0.4, -0.2) is 20.3 Å². The van der Waals surface area contributed by atoms with Crippen LogP contribution in [0.25, 0.3) is 0 Å². The minimum atomic E-state index is -1.50. The van der Waals surface area contributed by atoms with Gasteiger partial charge in [-0.1, -0.05) is 0 Å². The van der Waals surface area contributed by atoms with Crippen molar-refractivity contribution in [2.45, 2.75) is 0 Å². The Morgan fingerprint density at radius 1 is 1.20 bits per heavy atom. The Bertz CT molecular complexity index is 148. The van der Waals surface area contributed by atoms with Crippen molar-refractivity contribution in [2.75, 3.05) is 0 Å². The Balaban J connectivity index is 0.000000180. The molecule has 10 heavy (non-hydrogen) atoms. The zero-order valence-electron chi connectivity index (χ0n) is 4.91. The Morgan fingerprint density at radius 3 is 1.50 bits per heavy atom. The molecule has 0 unspecified atom stereocenters. The Hall–Kier alpha value is -1.72. The molecular formula is C4H5N3O3. The molecule has 0 fully saturated rings. The van der Waals surface area contributed by atoms with Crippen molar-refractivity contribution >= 4 is 0 Å². The van der Waals surface area contributed by atoms with Crippen molar-refractivity contribution in [1.82, 2.24) is 9.97 Å². The molecule has 0 aliphatic carbocycles. The second-order valence-electron chi connectivity index (χ2n) is 1.13. The summed E-state index contributed by atoms with van der Waals surface area (Å²) in [5, 5.41) is 13.6. The summed E-state index contributed by atoms with van der Waals surface area (Å²) in [7, 11) is 0. The van der Waals surface area contributed by atoms with Crippen molar-refractivity contribution in [3.05, 3.63) is 34.9 Å². The first-order valence-corrected chi connectivity index (χ1v) is 2.26. The van der Waals surface area contributed by atoms with E-state index in [2.05, 4.69) is 9.97 Å². The molecule has 0 atom stereocenters. The fourth-order valence-electron chi connectivity index (χ4n) is 0.253. The molecule has 0 radical (unpaired) electrons. The summed E-state index contributed by atoms with van der Waals surface area (Å²) in [6.07, 6.45) is 6.56. The average molecular weight is 143 g/mol. The summed E-state index contributed by atoms with van der Waals surface area (Å²) < 4.78 is 0. The fourth-order valence-corrected chi connectivity index (χ4v) is 0.253. The van der Waals surface area contributed by atoms with Gasteiger partial charge < -0.3 is 5.21 Å². The van der Waals surface area contributed by atoms with Crippen molar-refractivity contribution in [3.63, 3.8) is 0 Å². The number of nitrogens with zero attached hydrogens (tertiary/aromatic N) is 3. The molecule has 6 nitrogen and oxygen atoms in total. The first-order chi connectivity index (χ1) is 4.73. The molecule has 0 aliphatic heterocycles. The number of rotatable bonds is 0. The van der Waals surface area contributed by atoms with Gasteiger partial charge in [0.15, 0.2) is 0 Å². The fraction of sp³-hybridized carbons (Fsp3) is 0.